The standard InChI is InChI=1S/C39H50N4O/c1-4-36(40-16-10-17-43-18-15-32-13-8-9-14-33(32)26-43)42-37(39-24-31-19-30-20-34(25-39)38(39,22-30)23-31)41-27(2)35(28(3)44)21-29-11-6-5-7-12-29/h5-9,11-14,30-31,34H,4,10,15-26H2,1-3H3,(H,40,41,42)/b35-27+. The number of allylic oxidation sites excluding steroid dienone is 2. The van der Waals surface area contributed by atoms with Crippen LogP contribution in [0, 0.1) is 28.6 Å². The second-order valence-electron chi connectivity index (χ2n) is 14.7. The lowest BCUT2D eigenvalue weighted by Gasteiger charge is -2.59. The van der Waals surface area contributed by atoms with Gasteiger partial charge in [-0.25, -0.2) is 4.99 Å². The molecule has 5 unspecified atom stereocenters. The molecule has 5 heteroatoms. The molecule has 5 aliphatic rings. The van der Waals surface area contributed by atoms with Crippen LogP contribution >= 0.6 is 0 Å². The largest absolute Gasteiger partial charge is 0.347 e. The van der Waals surface area contributed by atoms with Crippen molar-refractivity contribution in [3.63, 3.8) is 0 Å². The van der Waals surface area contributed by atoms with Crippen molar-refractivity contribution < 1.29 is 4.79 Å². The zero-order valence-electron chi connectivity index (χ0n) is 27.1. The third-order valence-corrected chi connectivity index (χ3v) is 12.1. The molecule has 1 spiro atoms. The fourth-order valence-electron chi connectivity index (χ4n) is 10.2. The fraction of sp³-hybridized carbons (Fsp3) is 0.564. The molecular formula is C39H50N4O. The van der Waals surface area contributed by atoms with E-state index in [2.05, 4.69) is 72.6 Å². The first kappa shape index (κ1) is 29.6. The Labute approximate surface area is 264 Å². The maximum Gasteiger partial charge on any atom is 0.157 e. The van der Waals surface area contributed by atoms with Crippen molar-refractivity contribution in [1.82, 2.24) is 10.2 Å². The zero-order chi connectivity index (χ0) is 30.3. The molecule has 1 heterocycles. The van der Waals surface area contributed by atoms with Gasteiger partial charge < -0.3 is 5.32 Å². The van der Waals surface area contributed by atoms with Crippen LogP contribution in [0.3, 0.4) is 0 Å². The molecule has 2 aromatic carbocycles. The van der Waals surface area contributed by atoms with E-state index >= 15 is 0 Å². The monoisotopic (exact) mass is 590 g/mol. The van der Waals surface area contributed by atoms with E-state index < -0.39 is 0 Å². The van der Waals surface area contributed by atoms with Gasteiger partial charge in [0.05, 0.1) is 0 Å². The number of carbonyl (C=O) groups excluding carboxylic acids is 1. The van der Waals surface area contributed by atoms with Gasteiger partial charge in [-0.1, -0.05) is 61.5 Å². The molecule has 2 aromatic rings. The molecule has 0 radical (unpaired) electrons. The Morgan fingerprint density at radius 1 is 0.955 bits per heavy atom. The first-order chi connectivity index (χ1) is 21.4. The minimum atomic E-state index is 0.112. The van der Waals surface area contributed by atoms with Gasteiger partial charge in [-0.2, -0.15) is 0 Å². The molecule has 4 aliphatic carbocycles. The smallest absolute Gasteiger partial charge is 0.157 e. The first-order valence-corrected chi connectivity index (χ1v) is 17.3. The van der Waals surface area contributed by atoms with Crippen molar-refractivity contribution in [2.45, 2.75) is 91.5 Å². The highest BCUT2D eigenvalue weighted by molar-refractivity contribution is 6.03. The highest BCUT2D eigenvalue weighted by Crippen LogP contribution is 2.81. The number of fused-ring (bicyclic) bond motifs is 3. The average molecular weight is 591 g/mol. The molecule has 0 aromatic heterocycles. The molecule has 4 fully saturated rings. The van der Waals surface area contributed by atoms with Crippen molar-refractivity contribution >= 4 is 17.5 Å². The average Bonchev–Trinajstić information content (AvgIpc) is 3.35. The van der Waals surface area contributed by atoms with Crippen LogP contribution < -0.4 is 5.32 Å². The van der Waals surface area contributed by atoms with Crippen LogP contribution in [-0.2, 0) is 24.2 Å². The number of Topliss-reactive ketones (excluding diaryl/α,β-unsaturated/α-hetero) is 1. The summed E-state index contributed by atoms with van der Waals surface area (Å²) in [5, 5.41) is 3.87. The summed E-state index contributed by atoms with van der Waals surface area (Å²) in [7, 11) is 0. The predicted octanol–water partition coefficient (Wildman–Crippen LogP) is 7.55. The molecule has 5 nitrogen and oxygen atoms in total. The number of benzene rings is 2. The number of nitrogens with zero attached hydrogens (tertiary/aromatic N) is 3. The highest BCUT2D eigenvalue weighted by atomic mass is 16.1. The number of hydrogen-bond donors (Lipinski definition) is 1. The van der Waals surface area contributed by atoms with Gasteiger partial charge in [0.15, 0.2) is 5.78 Å². The van der Waals surface area contributed by atoms with E-state index in [4.69, 9.17) is 9.98 Å². The van der Waals surface area contributed by atoms with E-state index in [1.54, 1.807) is 6.92 Å². The molecular weight excluding hydrogens is 540 g/mol. The number of amidine groups is 2. The van der Waals surface area contributed by atoms with Gasteiger partial charge >= 0.3 is 0 Å². The third-order valence-electron chi connectivity index (χ3n) is 12.1. The third kappa shape index (κ3) is 5.29. The second-order valence-corrected chi connectivity index (χ2v) is 14.7. The van der Waals surface area contributed by atoms with Crippen LogP contribution in [0.15, 0.2) is 75.9 Å². The van der Waals surface area contributed by atoms with Gasteiger partial charge in [-0.15, -0.1) is 0 Å². The van der Waals surface area contributed by atoms with E-state index in [0.29, 0.717) is 11.8 Å². The number of nitrogens with one attached hydrogen (secondary N) is 1. The van der Waals surface area contributed by atoms with Gasteiger partial charge in [0.25, 0.3) is 0 Å². The van der Waals surface area contributed by atoms with Gasteiger partial charge in [0.1, 0.15) is 11.7 Å². The number of carbonyl (C=O) groups is 1. The van der Waals surface area contributed by atoms with Crippen LogP contribution in [0.25, 0.3) is 0 Å². The van der Waals surface area contributed by atoms with Crippen LogP contribution in [0.1, 0.15) is 88.8 Å². The van der Waals surface area contributed by atoms with E-state index in [1.807, 2.05) is 6.07 Å². The Kier molecular flexibility index (Phi) is 8.11. The molecule has 7 rings (SSSR count). The number of ketones is 1. The zero-order valence-corrected chi connectivity index (χ0v) is 27.1. The summed E-state index contributed by atoms with van der Waals surface area (Å²) in [4.78, 5) is 26.1. The summed E-state index contributed by atoms with van der Waals surface area (Å²) in [5.41, 5.74) is 6.50. The van der Waals surface area contributed by atoms with Crippen LogP contribution in [0.4, 0.5) is 0 Å². The molecule has 4 saturated carbocycles. The lowest BCUT2D eigenvalue weighted by Crippen LogP contribution is -2.60. The van der Waals surface area contributed by atoms with Crippen LogP contribution in [-0.4, -0.2) is 42.0 Å². The Hall–Kier alpha value is -3.05. The van der Waals surface area contributed by atoms with E-state index in [0.717, 1.165) is 86.1 Å². The Balaban J connectivity index is 1.13. The van der Waals surface area contributed by atoms with Crippen molar-refractivity contribution in [3.05, 3.63) is 82.6 Å². The van der Waals surface area contributed by atoms with Gasteiger partial charge in [-0.3, -0.25) is 14.7 Å². The molecule has 0 amide bonds. The molecule has 44 heavy (non-hydrogen) atoms. The highest BCUT2D eigenvalue weighted by Gasteiger charge is 2.76. The van der Waals surface area contributed by atoms with Crippen LogP contribution in [0.2, 0.25) is 0 Å². The molecule has 5 atom stereocenters. The topological polar surface area (TPSA) is 57.1 Å². The van der Waals surface area contributed by atoms with Crippen molar-refractivity contribution in [1.29, 1.82) is 0 Å². The van der Waals surface area contributed by atoms with E-state index in [-0.39, 0.29) is 11.2 Å². The molecule has 3 bridgehead atoms. The van der Waals surface area contributed by atoms with Gasteiger partial charge in [-0.05, 0) is 105 Å². The Morgan fingerprint density at radius 3 is 2.52 bits per heavy atom. The van der Waals surface area contributed by atoms with Gasteiger partial charge in [0, 0.05) is 55.7 Å². The molecule has 1 aliphatic heterocycles. The number of hydrogen-bond acceptors (Lipinski definition) is 3. The van der Waals surface area contributed by atoms with E-state index in [9.17, 15) is 4.79 Å². The van der Waals surface area contributed by atoms with Gasteiger partial charge in [0.2, 0.25) is 0 Å². The summed E-state index contributed by atoms with van der Waals surface area (Å²) in [6.45, 7) is 10.1. The minimum absolute atomic E-state index is 0.112. The van der Waals surface area contributed by atoms with Crippen molar-refractivity contribution in [2.24, 2.45) is 38.6 Å². The SMILES string of the molecule is CCC(=NCCCN1CCc2ccccc2C1)N=C(N/C(C)=C(\Cc1ccccc1)C(C)=O)C12CC3CC4CC(C1)C2(C4)C3. The van der Waals surface area contributed by atoms with Crippen LogP contribution in [0.5, 0.6) is 0 Å². The lowest BCUT2D eigenvalue weighted by molar-refractivity contribution is -0.113. The lowest BCUT2D eigenvalue weighted by atomic mass is 9.45. The minimum Gasteiger partial charge on any atom is -0.347 e. The quantitative estimate of drug-likeness (QED) is 0.135. The second kappa shape index (κ2) is 12.0. The normalized spacial score (nSPS) is 31.3. The summed E-state index contributed by atoms with van der Waals surface area (Å²) in [6.07, 6.45) is 11.7. The van der Waals surface area contributed by atoms with Crippen molar-refractivity contribution in [2.75, 3.05) is 19.6 Å². The maximum atomic E-state index is 13.0. The summed E-state index contributed by atoms with van der Waals surface area (Å²) < 4.78 is 0. The van der Waals surface area contributed by atoms with Crippen molar-refractivity contribution in [3.8, 4) is 0 Å². The molecule has 1 N–H and O–H groups in total. The molecule has 0 saturated heterocycles. The number of rotatable bonds is 10. The summed E-state index contributed by atoms with van der Waals surface area (Å²) in [6, 6.07) is 19.2. The maximum absolute atomic E-state index is 13.0. The summed E-state index contributed by atoms with van der Waals surface area (Å²) >= 11 is 0. The van der Waals surface area contributed by atoms with E-state index in [1.165, 1.54) is 55.2 Å². The predicted molar refractivity (Wildman–Crippen MR) is 180 cm³/mol. The molecule has 232 valence electrons. The number of aliphatic imine (C=N–C) groups is 2. The Bertz CT molecular complexity index is 1480. The fourth-order valence-corrected chi connectivity index (χ4v) is 10.2. The first-order valence-electron chi connectivity index (χ1n) is 17.3. The summed E-state index contributed by atoms with van der Waals surface area (Å²) in [5.74, 6) is 4.80. The Morgan fingerprint density at radius 2 is 1.73 bits per heavy atom.